The van der Waals surface area contributed by atoms with Crippen LogP contribution in [0.1, 0.15) is 39.5 Å². The minimum atomic E-state index is -0.135. The molecule has 2 fully saturated rings. The van der Waals surface area contributed by atoms with Gasteiger partial charge in [-0.15, -0.1) is 0 Å². The molecule has 0 aliphatic carbocycles. The number of carbonyl (C=O) groups is 1. The van der Waals surface area contributed by atoms with Gasteiger partial charge in [0.2, 0.25) is 5.91 Å². The van der Waals surface area contributed by atoms with Crippen LogP contribution in [0, 0.1) is 0 Å². The first-order valence-corrected chi connectivity index (χ1v) is 7.48. The molecular formula is C15H27N3O. The van der Waals surface area contributed by atoms with Gasteiger partial charge in [-0.05, 0) is 59.2 Å². The second-order valence-corrected chi connectivity index (χ2v) is 6.11. The Balaban J connectivity index is 1.83. The average Bonchev–Trinajstić information content (AvgIpc) is 2.86. The number of hydrogen-bond acceptors (Lipinski definition) is 3. The van der Waals surface area contributed by atoms with Crippen molar-refractivity contribution >= 4 is 5.91 Å². The quantitative estimate of drug-likeness (QED) is 0.781. The number of rotatable bonds is 4. The highest BCUT2D eigenvalue weighted by Crippen LogP contribution is 2.25. The van der Waals surface area contributed by atoms with Crippen LogP contribution in [0.2, 0.25) is 0 Å². The van der Waals surface area contributed by atoms with Gasteiger partial charge in [-0.1, -0.05) is 11.6 Å². The van der Waals surface area contributed by atoms with Crippen LogP contribution in [0.25, 0.3) is 0 Å². The number of amides is 1. The molecule has 0 aromatic heterocycles. The molecule has 0 aromatic carbocycles. The van der Waals surface area contributed by atoms with Crippen molar-refractivity contribution in [1.82, 2.24) is 9.80 Å². The minimum Gasteiger partial charge on any atom is -0.368 e. The van der Waals surface area contributed by atoms with E-state index >= 15 is 0 Å². The van der Waals surface area contributed by atoms with E-state index in [1.807, 2.05) is 0 Å². The molecule has 2 N–H and O–H groups in total. The highest BCUT2D eigenvalue weighted by Gasteiger charge is 2.35. The van der Waals surface area contributed by atoms with Gasteiger partial charge in [0.25, 0.3) is 0 Å². The Morgan fingerprint density at radius 1 is 1.21 bits per heavy atom. The third kappa shape index (κ3) is 3.80. The number of hydrogen-bond donors (Lipinski definition) is 1. The SMILES string of the molecule is CC(C)=CCN1CCC(N2CCCC2C(N)=O)CC1. The van der Waals surface area contributed by atoms with Crippen LogP contribution in [0.15, 0.2) is 11.6 Å². The lowest BCUT2D eigenvalue weighted by Gasteiger charge is -2.38. The normalized spacial score (nSPS) is 26.5. The molecule has 4 heteroatoms. The highest BCUT2D eigenvalue weighted by molar-refractivity contribution is 5.80. The summed E-state index contributed by atoms with van der Waals surface area (Å²) in [5.41, 5.74) is 6.89. The Kier molecular flexibility index (Phi) is 4.99. The van der Waals surface area contributed by atoms with Crippen LogP contribution >= 0.6 is 0 Å². The molecule has 19 heavy (non-hydrogen) atoms. The Morgan fingerprint density at radius 2 is 1.89 bits per heavy atom. The zero-order valence-corrected chi connectivity index (χ0v) is 12.3. The van der Waals surface area contributed by atoms with Crippen molar-refractivity contribution in [1.29, 1.82) is 0 Å². The number of primary amides is 1. The third-order valence-electron chi connectivity index (χ3n) is 4.41. The summed E-state index contributed by atoms with van der Waals surface area (Å²) in [4.78, 5) is 16.3. The molecule has 2 saturated heterocycles. The Labute approximate surface area is 116 Å². The van der Waals surface area contributed by atoms with E-state index in [2.05, 4.69) is 29.7 Å². The zero-order valence-electron chi connectivity index (χ0n) is 12.3. The number of nitrogens with zero attached hydrogens (tertiary/aromatic N) is 2. The topological polar surface area (TPSA) is 49.6 Å². The van der Waals surface area contributed by atoms with Crippen LogP contribution in [-0.2, 0) is 4.79 Å². The van der Waals surface area contributed by atoms with Crippen molar-refractivity contribution < 1.29 is 4.79 Å². The van der Waals surface area contributed by atoms with Crippen molar-refractivity contribution in [3.05, 3.63) is 11.6 Å². The first-order valence-electron chi connectivity index (χ1n) is 7.48. The first-order chi connectivity index (χ1) is 9.08. The molecular weight excluding hydrogens is 238 g/mol. The lowest BCUT2D eigenvalue weighted by Crippen LogP contribution is -2.50. The van der Waals surface area contributed by atoms with Gasteiger partial charge in [-0.25, -0.2) is 0 Å². The molecule has 1 unspecified atom stereocenters. The van der Waals surface area contributed by atoms with Crippen LogP contribution in [0.3, 0.4) is 0 Å². The first kappa shape index (κ1) is 14.5. The Bertz CT molecular complexity index is 341. The van der Waals surface area contributed by atoms with E-state index in [0.717, 1.165) is 39.0 Å². The van der Waals surface area contributed by atoms with Crippen LogP contribution in [0.5, 0.6) is 0 Å². The Morgan fingerprint density at radius 3 is 2.47 bits per heavy atom. The molecule has 1 amide bonds. The summed E-state index contributed by atoms with van der Waals surface area (Å²) < 4.78 is 0. The van der Waals surface area contributed by atoms with E-state index in [1.165, 1.54) is 18.4 Å². The van der Waals surface area contributed by atoms with Gasteiger partial charge in [-0.2, -0.15) is 0 Å². The standard InChI is InChI=1S/C15H27N3O/c1-12(2)5-9-17-10-6-13(7-11-17)18-8-3-4-14(18)15(16)19/h5,13-14H,3-4,6-11H2,1-2H3,(H2,16,19). The van der Waals surface area contributed by atoms with E-state index in [4.69, 9.17) is 5.73 Å². The van der Waals surface area contributed by atoms with E-state index in [1.54, 1.807) is 0 Å². The molecule has 2 heterocycles. The molecule has 0 saturated carbocycles. The van der Waals surface area contributed by atoms with Gasteiger partial charge in [0.05, 0.1) is 6.04 Å². The fourth-order valence-electron chi connectivity index (χ4n) is 3.28. The lowest BCUT2D eigenvalue weighted by atomic mass is 10.0. The van der Waals surface area contributed by atoms with Crippen molar-refractivity contribution in [2.45, 2.75) is 51.6 Å². The van der Waals surface area contributed by atoms with Crippen LogP contribution in [-0.4, -0.2) is 54.0 Å². The summed E-state index contributed by atoms with van der Waals surface area (Å²) >= 11 is 0. The molecule has 2 rings (SSSR count). The smallest absolute Gasteiger partial charge is 0.234 e. The molecule has 1 atom stereocenters. The Hall–Kier alpha value is -0.870. The molecule has 4 nitrogen and oxygen atoms in total. The monoisotopic (exact) mass is 265 g/mol. The molecule has 0 spiro atoms. The van der Waals surface area contributed by atoms with Gasteiger partial charge < -0.3 is 5.73 Å². The number of nitrogens with two attached hydrogens (primary N) is 1. The maximum absolute atomic E-state index is 11.5. The predicted molar refractivity (Wildman–Crippen MR) is 77.8 cm³/mol. The maximum Gasteiger partial charge on any atom is 0.234 e. The van der Waals surface area contributed by atoms with E-state index in [9.17, 15) is 4.79 Å². The fraction of sp³-hybridized carbons (Fsp3) is 0.800. The van der Waals surface area contributed by atoms with Crippen LogP contribution in [0.4, 0.5) is 0 Å². The maximum atomic E-state index is 11.5. The summed E-state index contributed by atoms with van der Waals surface area (Å²) in [7, 11) is 0. The summed E-state index contributed by atoms with van der Waals surface area (Å²) in [5, 5.41) is 0. The van der Waals surface area contributed by atoms with Crippen molar-refractivity contribution in [2.24, 2.45) is 5.73 Å². The van der Waals surface area contributed by atoms with E-state index in [-0.39, 0.29) is 11.9 Å². The van der Waals surface area contributed by atoms with Gasteiger partial charge in [0, 0.05) is 12.6 Å². The van der Waals surface area contributed by atoms with Crippen LogP contribution < -0.4 is 5.73 Å². The second kappa shape index (κ2) is 6.53. The minimum absolute atomic E-state index is 0.00525. The fourth-order valence-corrected chi connectivity index (χ4v) is 3.28. The summed E-state index contributed by atoms with van der Waals surface area (Å²) in [6.45, 7) is 8.68. The predicted octanol–water partition coefficient (Wildman–Crippen LogP) is 1.37. The highest BCUT2D eigenvalue weighted by atomic mass is 16.1. The van der Waals surface area contributed by atoms with Gasteiger partial charge >= 0.3 is 0 Å². The number of allylic oxidation sites excluding steroid dienone is 1. The largest absolute Gasteiger partial charge is 0.368 e. The summed E-state index contributed by atoms with van der Waals surface area (Å²) in [6.07, 6.45) is 6.70. The molecule has 2 aliphatic heterocycles. The number of likely N-dealkylation sites (tertiary alicyclic amines) is 2. The second-order valence-electron chi connectivity index (χ2n) is 6.11. The number of piperidine rings is 1. The van der Waals surface area contributed by atoms with Crippen molar-refractivity contribution in [2.75, 3.05) is 26.2 Å². The lowest BCUT2D eigenvalue weighted by molar-refractivity contribution is -0.123. The molecule has 0 radical (unpaired) electrons. The average molecular weight is 265 g/mol. The van der Waals surface area contributed by atoms with E-state index in [0.29, 0.717) is 6.04 Å². The van der Waals surface area contributed by atoms with Gasteiger partial charge in [0.1, 0.15) is 0 Å². The van der Waals surface area contributed by atoms with Gasteiger partial charge in [0.15, 0.2) is 0 Å². The summed E-state index contributed by atoms with van der Waals surface area (Å²) in [6, 6.07) is 0.553. The number of carbonyl (C=O) groups excluding carboxylic acids is 1. The summed E-state index contributed by atoms with van der Waals surface area (Å²) in [5.74, 6) is -0.135. The van der Waals surface area contributed by atoms with Crippen molar-refractivity contribution in [3.63, 3.8) is 0 Å². The van der Waals surface area contributed by atoms with E-state index < -0.39 is 0 Å². The molecule has 0 aromatic rings. The molecule has 108 valence electrons. The zero-order chi connectivity index (χ0) is 13.8. The van der Waals surface area contributed by atoms with Gasteiger partial charge in [-0.3, -0.25) is 14.6 Å². The van der Waals surface area contributed by atoms with Crippen molar-refractivity contribution in [3.8, 4) is 0 Å². The molecule has 2 aliphatic rings. The molecule has 0 bridgehead atoms. The third-order valence-corrected chi connectivity index (χ3v) is 4.41.